The first kappa shape index (κ1) is 13.3. The van der Waals surface area contributed by atoms with Crippen molar-refractivity contribution in [2.24, 2.45) is 0 Å². The Balaban J connectivity index is 2.17. The van der Waals surface area contributed by atoms with Crippen LogP contribution in [-0.2, 0) is 4.74 Å². The molecule has 0 radical (unpaired) electrons. The summed E-state index contributed by atoms with van der Waals surface area (Å²) in [5, 5.41) is 1.05. The van der Waals surface area contributed by atoms with E-state index in [-0.39, 0.29) is 5.97 Å². The molecular weight excluding hydrogens is 262 g/mol. The molecule has 1 aromatic heterocycles. The summed E-state index contributed by atoms with van der Waals surface area (Å²) >= 11 is 0. The maximum absolute atomic E-state index is 11.9. The molecule has 21 heavy (non-hydrogen) atoms. The molecule has 0 spiro atoms. The number of esters is 1. The van der Waals surface area contributed by atoms with Gasteiger partial charge in [0.2, 0.25) is 0 Å². The van der Waals surface area contributed by atoms with Gasteiger partial charge in [-0.25, -0.2) is 4.79 Å². The number of pyridine rings is 1. The highest BCUT2D eigenvalue weighted by atomic mass is 16.5. The molecule has 2 aromatic carbocycles. The third-order valence-electron chi connectivity index (χ3n) is 3.47. The molecule has 0 unspecified atom stereocenters. The van der Waals surface area contributed by atoms with Gasteiger partial charge in [0.05, 0.1) is 18.2 Å². The van der Waals surface area contributed by atoms with Gasteiger partial charge < -0.3 is 4.74 Å². The predicted molar refractivity (Wildman–Crippen MR) is 83.3 cm³/mol. The molecule has 0 saturated carbocycles. The molecule has 3 nitrogen and oxygen atoms in total. The second-order valence-electron chi connectivity index (χ2n) is 4.90. The zero-order chi connectivity index (χ0) is 14.8. The molecule has 3 aromatic rings. The summed E-state index contributed by atoms with van der Waals surface area (Å²) in [6.45, 7) is 1.97. The van der Waals surface area contributed by atoms with Crippen molar-refractivity contribution in [3.63, 3.8) is 0 Å². The fourth-order valence-corrected chi connectivity index (χ4v) is 2.42. The number of rotatable bonds is 2. The Morgan fingerprint density at radius 3 is 2.67 bits per heavy atom. The largest absolute Gasteiger partial charge is 0.465 e. The molecule has 0 saturated heterocycles. The summed E-state index contributed by atoms with van der Waals surface area (Å²) in [6, 6.07) is 17.5. The van der Waals surface area contributed by atoms with E-state index < -0.39 is 0 Å². The summed E-state index contributed by atoms with van der Waals surface area (Å²) in [7, 11) is 1.40. The van der Waals surface area contributed by atoms with Crippen LogP contribution in [0.5, 0.6) is 0 Å². The number of aromatic nitrogens is 1. The highest BCUT2D eigenvalue weighted by molar-refractivity contribution is 5.98. The quantitative estimate of drug-likeness (QED) is 0.665. The number of hydrogen-bond donors (Lipinski definition) is 0. The van der Waals surface area contributed by atoms with Crippen LogP contribution in [-0.4, -0.2) is 18.1 Å². The highest BCUT2D eigenvalue weighted by Gasteiger charge is 2.12. The van der Waals surface area contributed by atoms with Crippen LogP contribution in [0.4, 0.5) is 0 Å². The van der Waals surface area contributed by atoms with E-state index in [0.29, 0.717) is 5.56 Å². The Morgan fingerprint density at radius 2 is 1.86 bits per heavy atom. The third kappa shape index (κ3) is 2.50. The van der Waals surface area contributed by atoms with Gasteiger partial charge in [0.1, 0.15) is 0 Å². The van der Waals surface area contributed by atoms with Gasteiger partial charge in [-0.3, -0.25) is 4.98 Å². The van der Waals surface area contributed by atoms with Crippen molar-refractivity contribution in [2.45, 2.75) is 6.92 Å². The SMILES string of the molecule is COC(=O)c1ccccc1-c1ccc2nc(C)ccc2c1. The van der Waals surface area contributed by atoms with Gasteiger partial charge in [0.15, 0.2) is 0 Å². The van der Waals surface area contributed by atoms with E-state index in [1.54, 1.807) is 6.07 Å². The second kappa shape index (κ2) is 5.37. The lowest BCUT2D eigenvalue weighted by Gasteiger charge is -2.09. The van der Waals surface area contributed by atoms with Crippen LogP contribution in [0.15, 0.2) is 54.6 Å². The van der Waals surface area contributed by atoms with Crippen LogP contribution in [0.3, 0.4) is 0 Å². The summed E-state index contributed by atoms with van der Waals surface area (Å²) in [6.07, 6.45) is 0. The maximum Gasteiger partial charge on any atom is 0.338 e. The zero-order valence-electron chi connectivity index (χ0n) is 12.0. The summed E-state index contributed by atoms with van der Waals surface area (Å²) < 4.78 is 4.85. The molecule has 0 fully saturated rings. The lowest BCUT2D eigenvalue weighted by Crippen LogP contribution is -2.03. The van der Waals surface area contributed by atoms with Gasteiger partial charge in [-0.15, -0.1) is 0 Å². The molecule has 104 valence electrons. The van der Waals surface area contributed by atoms with Crippen LogP contribution in [0.2, 0.25) is 0 Å². The molecule has 3 heteroatoms. The first-order valence-electron chi connectivity index (χ1n) is 6.74. The minimum Gasteiger partial charge on any atom is -0.465 e. The average molecular weight is 277 g/mol. The molecule has 0 aliphatic rings. The van der Waals surface area contributed by atoms with Gasteiger partial charge in [0.25, 0.3) is 0 Å². The van der Waals surface area contributed by atoms with Crippen LogP contribution in [0, 0.1) is 6.92 Å². The molecule has 0 atom stereocenters. The van der Waals surface area contributed by atoms with E-state index in [4.69, 9.17) is 4.74 Å². The standard InChI is InChI=1S/C18H15NO2/c1-12-7-8-14-11-13(9-10-17(14)19-12)15-5-3-4-6-16(15)18(20)21-2/h3-11H,1-2H3. The molecule has 0 N–H and O–H groups in total. The molecule has 3 rings (SSSR count). The van der Waals surface area contributed by atoms with E-state index in [1.165, 1.54) is 7.11 Å². The van der Waals surface area contributed by atoms with E-state index in [9.17, 15) is 4.79 Å². The monoisotopic (exact) mass is 277 g/mol. The van der Waals surface area contributed by atoms with Crippen molar-refractivity contribution in [3.05, 3.63) is 65.9 Å². The van der Waals surface area contributed by atoms with Crippen molar-refractivity contribution in [1.29, 1.82) is 0 Å². The molecule has 0 bridgehead atoms. The van der Waals surface area contributed by atoms with Gasteiger partial charge >= 0.3 is 5.97 Å². The highest BCUT2D eigenvalue weighted by Crippen LogP contribution is 2.27. The maximum atomic E-state index is 11.9. The van der Waals surface area contributed by atoms with E-state index in [1.807, 2.05) is 55.5 Å². The van der Waals surface area contributed by atoms with E-state index in [2.05, 4.69) is 4.98 Å². The number of hydrogen-bond acceptors (Lipinski definition) is 3. The van der Waals surface area contributed by atoms with Crippen LogP contribution < -0.4 is 0 Å². The van der Waals surface area contributed by atoms with Crippen LogP contribution in [0.25, 0.3) is 22.0 Å². The predicted octanol–water partition coefficient (Wildman–Crippen LogP) is 4.00. The molecular formula is C18H15NO2. The zero-order valence-corrected chi connectivity index (χ0v) is 12.0. The van der Waals surface area contributed by atoms with E-state index >= 15 is 0 Å². The lowest BCUT2D eigenvalue weighted by atomic mass is 9.98. The summed E-state index contributed by atoms with van der Waals surface area (Å²) in [5.41, 5.74) is 4.36. The minimum absolute atomic E-state index is 0.326. The number of fused-ring (bicyclic) bond motifs is 1. The van der Waals surface area contributed by atoms with Crippen molar-refractivity contribution in [1.82, 2.24) is 4.98 Å². The van der Waals surface area contributed by atoms with Gasteiger partial charge in [-0.2, -0.15) is 0 Å². The Morgan fingerprint density at radius 1 is 1.05 bits per heavy atom. The second-order valence-corrected chi connectivity index (χ2v) is 4.90. The summed E-state index contributed by atoms with van der Waals surface area (Å²) in [4.78, 5) is 16.4. The third-order valence-corrected chi connectivity index (χ3v) is 3.47. The lowest BCUT2D eigenvalue weighted by molar-refractivity contribution is 0.0601. The van der Waals surface area contributed by atoms with E-state index in [0.717, 1.165) is 27.7 Å². The van der Waals surface area contributed by atoms with Crippen LogP contribution >= 0.6 is 0 Å². The first-order valence-corrected chi connectivity index (χ1v) is 6.74. The number of nitrogens with zero attached hydrogens (tertiary/aromatic N) is 1. The number of benzene rings is 2. The fraction of sp³-hybridized carbons (Fsp3) is 0.111. The van der Waals surface area contributed by atoms with Gasteiger partial charge in [0, 0.05) is 11.1 Å². The summed E-state index contributed by atoms with van der Waals surface area (Å²) in [5.74, 6) is -0.326. The Hall–Kier alpha value is -2.68. The Bertz CT molecular complexity index is 824. The first-order chi connectivity index (χ1) is 10.2. The topological polar surface area (TPSA) is 39.2 Å². The number of methoxy groups -OCH3 is 1. The smallest absolute Gasteiger partial charge is 0.338 e. The Labute approximate surface area is 123 Å². The molecule has 1 heterocycles. The fourth-order valence-electron chi connectivity index (χ4n) is 2.42. The molecule has 0 aliphatic carbocycles. The van der Waals surface area contributed by atoms with Crippen molar-refractivity contribution >= 4 is 16.9 Å². The molecule has 0 amide bonds. The van der Waals surface area contributed by atoms with Gasteiger partial charge in [-0.05, 0) is 42.3 Å². The number of aryl methyl sites for hydroxylation is 1. The normalized spacial score (nSPS) is 10.6. The van der Waals surface area contributed by atoms with Crippen molar-refractivity contribution in [2.75, 3.05) is 7.11 Å². The van der Waals surface area contributed by atoms with Crippen molar-refractivity contribution in [3.8, 4) is 11.1 Å². The average Bonchev–Trinajstić information content (AvgIpc) is 2.53. The van der Waals surface area contributed by atoms with Crippen molar-refractivity contribution < 1.29 is 9.53 Å². The minimum atomic E-state index is -0.326. The number of carbonyl (C=O) groups excluding carboxylic acids is 1. The number of carbonyl (C=O) groups is 1. The Kier molecular flexibility index (Phi) is 3.40. The van der Waals surface area contributed by atoms with Crippen LogP contribution in [0.1, 0.15) is 16.1 Å². The number of ether oxygens (including phenoxy) is 1. The molecule has 0 aliphatic heterocycles. The van der Waals surface area contributed by atoms with Gasteiger partial charge in [-0.1, -0.05) is 30.3 Å².